The normalized spacial score (nSPS) is 20.4. The number of hydrogen-bond acceptors (Lipinski definition) is 2. The second-order valence-electron chi connectivity index (χ2n) is 3.33. The van der Waals surface area contributed by atoms with Gasteiger partial charge in [0.2, 0.25) is 10.0 Å². The summed E-state index contributed by atoms with van der Waals surface area (Å²) in [5.74, 6) is 0. The molecule has 0 aliphatic carbocycles. The third kappa shape index (κ3) is 1.43. The van der Waals surface area contributed by atoms with Gasteiger partial charge in [-0.05, 0) is 30.2 Å². The lowest BCUT2D eigenvalue weighted by Crippen LogP contribution is -2.33. The van der Waals surface area contributed by atoms with Crippen LogP contribution in [0.3, 0.4) is 0 Å². The minimum atomic E-state index is -3.26. The molecule has 3 nitrogen and oxygen atoms in total. The molecule has 1 aliphatic heterocycles. The van der Waals surface area contributed by atoms with Gasteiger partial charge in [0.15, 0.2) is 0 Å². The maximum absolute atomic E-state index is 11.8. The summed E-state index contributed by atoms with van der Waals surface area (Å²) in [5.41, 5.74) is 0.815. The number of halogens is 1. The predicted molar refractivity (Wildman–Crippen MR) is 55.0 cm³/mol. The lowest BCUT2D eigenvalue weighted by molar-refractivity contribution is 0.457. The highest BCUT2D eigenvalue weighted by Crippen LogP contribution is 2.27. The molecule has 0 fully saturated rings. The number of fused-ring (bicyclic) bond motifs is 1. The van der Waals surface area contributed by atoms with Crippen molar-refractivity contribution in [1.29, 1.82) is 0 Å². The zero-order chi connectivity index (χ0) is 10.3. The van der Waals surface area contributed by atoms with E-state index in [1.165, 1.54) is 4.31 Å². The molecule has 0 amide bonds. The molecule has 0 saturated carbocycles. The molecule has 5 heteroatoms. The molecule has 1 aromatic carbocycles. The first kappa shape index (κ1) is 9.96. The van der Waals surface area contributed by atoms with E-state index in [0.29, 0.717) is 16.5 Å². The van der Waals surface area contributed by atoms with Gasteiger partial charge in [-0.1, -0.05) is 11.6 Å². The van der Waals surface area contributed by atoms with Crippen LogP contribution in [0, 0.1) is 0 Å². The van der Waals surface area contributed by atoms with E-state index in [-0.39, 0.29) is 0 Å². The zero-order valence-electron chi connectivity index (χ0n) is 7.70. The van der Waals surface area contributed by atoms with Crippen molar-refractivity contribution >= 4 is 21.6 Å². The fraction of sp³-hybridized carbons (Fsp3) is 0.333. The lowest BCUT2D eigenvalue weighted by atomic mass is 10.1. The summed E-state index contributed by atoms with van der Waals surface area (Å²) in [6.45, 7) is 0.523. The van der Waals surface area contributed by atoms with Crippen LogP contribution in [0.25, 0.3) is 0 Å². The number of sulfonamides is 1. The Kier molecular flexibility index (Phi) is 2.29. The molecule has 0 bridgehead atoms. The van der Waals surface area contributed by atoms with Crippen LogP contribution in [0.4, 0.5) is 0 Å². The zero-order valence-corrected chi connectivity index (χ0v) is 9.27. The van der Waals surface area contributed by atoms with Gasteiger partial charge in [-0.15, -0.1) is 0 Å². The minimum Gasteiger partial charge on any atom is -0.207 e. The lowest BCUT2D eigenvalue weighted by Gasteiger charge is -2.24. The quantitative estimate of drug-likeness (QED) is 0.679. The molecule has 0 N–H and O–H groups in total. The standard InChI is InChI=1S/C9H10ClNO2S/c1-11-5-4-7-6-8(10)2-3-9(7)14(11,12)13/h2-3,6H,4-5H2,1H3. The topological polar surface area (TPSA) is 37.4 Å². The van der Waals surface area contributed by atoms with E-state index < -0.39 is 10.0 Å². The molecular weight excluding hydrogens is 222 g/mol. The second-order valence-corrected chi connectivity index (χ2v) is 5.78. The van der Waals surface area contributed by atoms with E-state index in [1.54, 1.807) is 25.2 Å². The van der Waals surface area contributed by atoms with E-state index in [9.17, 15) is 8.42 Å². The average molecular weight is 232 g/mol. The predicted octanol–water partition coefficient (Wildman–Crippen LogP) is 1.52. The maximum Gasteiger partial charge on any atom is 0.243 e. The molecular formula is C9H10ClNO2S. The fourth-order valence-corrected chi connectivity index (χ4v) is 3.16. The molecule has 0 spiro atoms. The Labute approximate surface area is 88.3 Å². The molecule has 14 heavy (non-hydrogen) atoms. The average Bonchev–Trinajstić information content (AvgIpc) is 2.12. The summed E-state index contributed by atoms with van der Waals surface area (Å²) >= 11 is 5.80. The number of likely N-dealkylation sites (N-methyl/N-ethyl adjacent to an activating group) is 1. The van der Waals surface area contributed by atoms with Crippen molar-refractivity contribution in [1.82, 2.24) is 4.31 Å². The van der Waals surface area contributed by atoms with Crippen LogP contribution in [0.1, 0.15) is 5.56 Å². The maximum atomic E-state index is 11.8. The molecule has 1 aromatic rings. The summed E-state index contributed by atoms with van der Waals surface area (Å²) < 4.78 is 25.0. The Bertz CT molecular complexity index is 470. The van der Waals surface area contributed by atoms with Gasteiger partial charge < -0.3 is 0 Å². The summed E-state index contributed by atoms with van der Waals surface area (Å²) in [4.78, 5) is 0.385. The summed E-state index contributed by atoms with van der Waals surface area (Å²) in [6.07, 6.45) is 0.728. The van der Waals surface area contributed by atoms with Crippen LogP contribution in [0.15, 0.2) is 23.1 Å². The number of benzene rings is 1. The highest BCUT2D eigenvalue weighted by Gasteiger charge is 2.28. The van der Waals surface area contributed by atoms with E-state index in [1.807, 2.05) is 0 Å². The molecule has 0 aromatic heterocycles. The summed E-state index contributed by atoms with van der Waals surface area (Å²) in [6, 6.07) is 4.90. The third-order valence-electron chi connectivity index (χ3n) is 2.41. The van der Waals surface area contributed by atoms with Crippen LogP contribution in [-0.2, 0) is 16.4 Å². The van der Waals surface area contributed by atoms with E-state index in [0.717, 1.165) is 12.0 Å². The molecule has 1 aliphatic rings. The van der Waals surface area contributed by atoms with Crippen LogP contribution >= 0.6 is 11.6 Å². The van der Waals surface area contributed by atoms with Crippen molar-refractivity contribution < 1.29 is 8.42 Å². The molecule has 1 heterocycles. The van der Waals surface area contributed by atoms with Crippen molar-refractivity contribution in [3.05, 3.63) is 28.8 Å². The van der Waals surface area contributed by atoms with Gasteiger partial charge in [0.25, 0.3) is 0 Å². The fourth-order valence-electron chi connectivity index (χ4n) is 1.56. The van der Waals surface area contributed by atoms with Crippen molar-refractivity contribution in [3.8, 4) is 0 Å². The Morgan fingerprint density at radius 3 is 2.86 bits per heavy atom. The van der Waals surface area contributed by atoms with E-state index in [2.05, 4.69) is 0 Å². The van der Waals surface area contributed by atoms with Crippen molar-refractivity contribution in [3.63, 3.8) is 0 Å². The number of rotatable bonds is 0. The van der Waals surface area contributed by atoms with E-state index in [4.69, 9.17) is 11.6 Å². The van der Waals surface area contributed by atoms with Crippen molar-refractivity contribution in [2.75, 3.05) is 13.6 Å². The van der Waals surface area contributed by atoms with Crippen LogP contribution in [0.2, 0.25) is 5.02 Å². The van der Waals surface area contributed by atoms with Crippen LogP contribution in [0.5, 0.6) is 0 Å². The Morgan fingerprint density at radius 2 is 2.14 bits per heavy atom. The van der Waals surface area contributed by atoms with Gasteiger partial charge >= 0.3 is 0 Å². The first-order valence-electron chi connectivity index (χ1n) is 4.26. The van der Waals surface area contributed by atoms with Gasteiger partial charge in [0.05, 0.1) is 4.90 Å². The first-order chi connectivity index (χ1) is 6.51. The minimum absolute atomic E-state index is 0.385. The summed E-state index contributed by atoms with van der Waals surface area (Å²) in [5, 5.41) is 0.587. The Hall–Kier alpha value is -0.580. The second kappa shape index (κ2) is 3.22. The number of nitrogens with zero attached hydrogens (tertiary/aromatic N) is 1. The third-order valence-corrected chi connectivity index (χ3v) is 4.60. The largest absolute Gasteiger partial charge is 0.243 e. The highest BCUT2D eigenvalue weighted by atomic mass is 35.5. The monoisotopic (exact) mass is 231 g/mol. The molecule has 0 atom stereocenters. The van der Waals surface area contributed by atoms with Crippen LogP contribution < -0.4 is 0 Å². The smallest absolute Gasteiger partial charge is 0.207 e. The van der Waals surface area contributed by atoms with Crippen LogP contribution in [-0.4, -0.2) is 26.3 Å². The molecule has 0 radical (unpaired) electrons. The van der Waals surface area contributed by atoms with Gasteiger partial charge in [-0.3, -0.25) is 0 Å². The van der Waals surface area contributed by atoms with Gasteiger partial charge in [0, 0.05) is 18.6 Å². The summed E-state index contributed by atoms with van der Waals surface area (Å²) in [7, 11) is -1.67. The molecule has 76 valence electrons. The first-order valence-corrected chi connectivity index (χ1v) is 6.08. The molecule has 2 rings (SSSR count). The van der Waals surface area contributed by atoms with Gasteiger partial charge in [-0.2, -0.15) is 0 Å². The molecule has 0 saturated heterocycles. The van der Waals surface area contributed by atoms with Crippen molar-refractivity contribution in [2.45, 2.75) is 11.3 Å². The molecule has 0 unspecified atom stereocenters. The van der Waals surface area contributed by atoms with Crippen molar-refractivity contribution in [2.24, 2.45) is 0 Å². The Morgan fingerprint density at radius 1 is 1.43 bits per heavy atom. The van der Waals surface area contributed by atoms with E-state index >= 15 is 0 Å². The van der Waals surface area contributed by atoms with Gasteiger partial charge in [-0.25, -0.2) is 12.7 Å². The Balaban J connectivity index is 2.65. The SMILES string of the molecule is CN1CCc2cc(Cl)ccc2S1(=O)=O. The number of hydrogen-bond donors (Lipinski definition) is 0. The highest BCUT2D eigenvalue weighted by molar-refractivity contribution is 7.89. The van der Waals surface area contributed by atoms with Gasteiger partial charge in [0.1, 0.15) is 0 Å².